The van der Waals surface area contributed by atoms with Crippen LogP contribution in [0.1, 0.15) is 73.7 Å². The summed E-state index contributed by atoms with van der Waals surface area (Å²) in [5.41, 5.74) is 2.84. The molecular weight excluding hydrogens is 276 g/mol. The summed E-state index contributed by atoms with van der Waals surface area (Å²) in [6.45, 7) is 2.24. The highest BCUT2D eigenvalue weighted by molar-refractivity contribution is 5.93. The second-order valence-electron chi connectivity index (χ2n) is 6.07. The smallest absolute Gasteiger partial charge is 0.340 e. The highest BCUT2D eigenvalue weighted by atomic mass is 16.5. The van der Waals surface area contributed by atoms with Crippen LogP contribution in [0.15, 0.2) is 24.5 Å². The summed E-state index contributed by atoms with van der Waals surface area (Å²) in [4.78, 5) is 12.4. The Hall–Kier alpha value is -1.84. The fourth-order valence-corrected chi connectivity index (χ4v) is 3.56. The zero-order valence-corrected chi connectivity index (χ0v) is 13.3. The number of carbonyl (C=O) groups excluding carboxylic acids is 1. The van der Waals surface area contributed by atoms with Crippen molar-refractivity contribution >= 4 is 11.5 Å². The molecule has 0 aliphatic heterocycles. The van der Waals surface area contributed by atoms with Crippen LogP contribution in [0.25, 0.3) is 5.52 Å². The number of hydrogen-bond donors (Lipinski definition) is 0. The van der Waals surface area contributed by atoms with Crippen LogP contribution in [0.2, 0.25) is 0 Å². The Morgan fingerprint density at radius 1 is 1.27 bits per heavy atom. The van der Waals surface area contributed by atoms with Gasteiger partial charge in [0.15, 0.2) is 0 Å². The number of nitrogens with zero attached hydrogens (tertiary/aromatic N) is 2. The third-order valence-corrected chi connectivity index (χ3v) is 4.61. The third-order valence-electron chi connectivity index (χ3n) is 4.61. The van der Waals surface area contributed by atoms with E-state index in [1.807, 2.05) is 23.7 Å². The van der Waals surface area contributed by atoms with Gasteiger partial charge >= 0.3 is 5.97 Å². The number of aromatic nitrogens is 2. The molecule has 0 bridgehead atoms. The Morgan fingerprint density at radius 2 is 2.00 bits per heavy atom. The van der Waals surface area contributed by atoms with E-state index in [4.69, 9.17) is 4.74 Å². The normalized spacial score (nSPS) is 17.1. The van der Waals surface area contributed by atoms with E-state index in [0.29, 0.717) is 18.1 Å². The van der Waals surface area contributed by atoms with Crippen molar-refractivity contribution in [1.82, 2.24) is 9.61 Å². The van der Waals surface area contributed by atoms with E-state index >= 15 is 0 Å². The maximum Gasteiger partial charge on any atom is 0.340 e. The summed E-state index contributed by atoms with van der Waals surface area (Å²) in [5.74, 6) is 0.191. The number of hydrogen-bond acceptors (Lipinski definition) is 3. The van der Waals surface area contributed by atoms with Crippen molar-refractivity contribution in [2.45, 2.75) is 57.8 Å². The number of esters is 1. The van der Waals surface area contributed by atoms with Crippen molar-refractivity contribution < 1.29 is 9.53 Å². The lowest BCUT2D eigenvalue weighted by atomic mass is 9.84. The van der Waals surface area contributed by atoms with E-state index in [1.165, 1.54) is 32.1 Å². The molecule has 22 heavy (non-hydrogen) atoms. The van der Waals surface area contributed by atoms with Crippen LogP contribution in [0.4, 0.5) is 0 Å². The predicted octanol–water partition coefficient (Wildman–Crippen LogP) is 4.34. The van der Waals surface area contributed by atoms with Crippen LogP contribution in [0.3, 0.4) is 0 Å². The molecule has 4 heteroatoms. The number of fused-ring (bicyclic) bond motifs is 1. The lowest BCUT2D eigenvalue weighted by molar-refractivity contribution is 0.0523. The third kappa shape index (κ3) is 3.01. The van der Waals surface area contributed by atoms with Gasteiger partial charge in [0.25, 0.3) is 0 Å². The first-order valence-corrected chi connectivity index (χ1v) is 8.44. The average Bonchev–Trinajstić information content (AvgIpc) is 2.95. The summed E-state index contributed by atoms with van der Waals surface area (Å²) >= 11 is 0. The summed E-state index contributed by atoms with van der Waals surface area (Å²) in [5, 5.41) is 4.36. The molecule has 2 aromatic heterocycles. The minimum atomic E-state index is -0.240. The van der Waals surface area contributed by atoms with Gasteiger partial charge in [0.2, 0.25) is 0 Å². The van der Waals surface area contributed by atoms with Gasteiger partial charge in [-0.3, -0.25) is 0 Å². The first-order valence-electron chi connectivity index (χ1n) is 8.44. The Bertz CT molecular complexity index is 640. The summed E-state index contributed by atoms with van der Waals surface area (Å²) in [6, 6.07) is 4.05. The standard InChI is InChI=1S/C18H24N2O2/c1-2-22-18(21)15-13-19-20-12-8-11-16(20)17(15)14-9-6-4-3-5-7-10-14/h8,11-14H,2-7,9-10H2,1H3. The maximum absolute atomic E-state index is 12.4. The first-order chi connectivity index (χ1) is 10.8. The summed E-state index contributed by atoms with van der Waals surface area (Å²) in [7, 11) is 0. The number of ether oxygens (including phenoxy) is 1. The highest BCUT2D eigenvalue weighted by Gasteiger charge is 2.24. The molecule has 3 rings (SSSR count). The van der Waals surface area contributed by atoms with Gasteiger partial charge in [-0.05, 0) is 43.4 Å². The molecule has 2 heterocycles. The van der Waals surface area contributed by atoms with Gasteiger partial charge in [0.1, 0.15) is 0 Å². The Labute approximate surface area is 131 Å². The Morgan fingerprint density at radius 3 is 2.73 bits per heavy atom. The number of rotatable bonds is 3. The van der Waals surface area contributed by atoms with Crippen LogP contribution in [0, 0.1) is 0 Å². The van der Waals surface area contributed by atoms with Gasteiger partial charge in [-0.25, -0.2) is 9.31 Å². The van der Waals surface area contributed by atoms with Crippen molar-refractivity contribution in [3.05, 3.63) is 35.7 Å². The molecule has 1 aliphatic carbocycles. The molecule has 0 saturated heterocycles. The van der Waals surface area contributed by atoms with Crippen molar-refractivity contribution in [3.8, 4) is 0 Å². The van der Waals surface area contributed by atoms with Crippen LogP contribution in [-0.2, 0) is 4.74 Å². The molecule has 1 saturated carbocycles. The van der Waals surface area contributed by atoms with E-state index in [0.717, 1.165) is 23.9 Å². The van der Waals surface area contributed by atoms with Gasteiger partial charge in [0, 0.05) is 6.20 Å². The lowest BCUT2D eigenvalue weighted by Gasteiger charge is -2.23. The molecule has 0 atom stereocenters. The molecule has 1 aliphatic rings. The largest absolute Gasteiger partial charge is 0.462 e. The van der Waals surface area contributed by atoms with Crippen molar-refractivity contribution in [2.75, 3.05) is 6.61 Å². The SMILES string of the molecule is CCOC(=O)c1cnn2cccc2c1C1CCCCCCC1. The monoisotopic (exact) mass is 300 g/mol. The highest BCUT2D eigenvalue weighted by Crippen LogP contribution is 2.35. The molecule has 0 radical (unpaired) electrons. The molecule has 0 aromatic carbocycles. The van der Waals surface area contributed by atoms with Gasteiger partial charge in [-0.15, -0.1) is 0 Å². The molecule has 0 N–H and O–H groups in total. The Kier molecular flexibility index (Phi) is 4.76. The molecule has 0 spiro atoms. The van der Waals surface area contributed by atoms with Crippen LogP contribution >= 0.6 is 0 Å². The molecule has 2 aromatic rings. The fraction of sp³-hybridized carbons (Fsp3) is 0.556. The minimum Gasteiger partial charge on any atom is -0.462 e. The average molecular weight is 300 g/mol. The van der Waals surface area contributed by atoms with Gasteiger partial charge < -0.3 is 4.74 Å². The van der Waals surface area contributed by atoms with Crippen LogP contribution < -0.4 is 0 Å². The fourth-order valence-electron chi connectivity index (χ4n) is 3.56. The molecule has 0 amide bonds. The summed E-state index contributed by atoms with van der Waals surface area (Å²) < 4.78 is 7.12. The molecule has 1 fully saturated rings. The predicted molar refractivity (Wildman–Crippen MR) is 86.2 cm³/mol. The lowest BCUT2D eigenvalue weighted by Crippen LogP contribution is -2.15. The van der Waals surface area contributed by atoms with Gasteiger partial charge in [-0.2, -0.15) is 5.10 Å². The van der Waals surface area contributed by atoms with E-state index in [2.05, 4.69) is 11.2 Å². The topological polar surface area (TPSA) is 43.6 Å². The van der Waals surface area contributed by atoms with Gasteiger partial charge in [0.05, 0.1) is 23.9 Å². The van der Waals surface area contributed by atoms with E-state index < -0.39 is 0 Å². The van der Waals surface area contributed by atoms with E-state index in [1.54, 1.807) is 6.20 Å². The molecule has 4 nitrogen and oxygen atoms in total. The second kappa shape index (κ2) is 6.95. The zero-order valence-electron chi connectivity index (χ0n) is 13.3. The van der Waals surface area contributed by atoms with Crippen LogP contribution in [0.5, 0.6) is 0 Å². The minimum absolute atomic E-state index is 0.240. The van der Waals surface area contributed by atoms with Crippen molar-refractivity contribution in [1.29, 1.82) is 0 Å². The van der Waals surface area contributed by atoms with Crippen molar-refractivity contribution in [2.24, 2.45) is 0 Å². The molecule has 118 valence electrons. The Balaban J connectivity index is 2.04. The van der Waals surface area contributed by atoms with E-state index in [-0.39, 0.29) is 5.97 Å². The zero-order chi connectivity index (χ0) is 15.4. The maximum atomic E-state index is 12.4. The number of carbonyl (C=O) groups is 1. The van der Waals surface area contributed by atoms with Crippen LogP contribution in [-0.4, -0.2) is 22.2 Å². The van der Waals surface area contributed by atoms with Gasteiger partial charge in [-0.1, -0.05) is 32.1 Å². The molecule has 0 unspecified atom stereocenters. The summed E-state index contributed by atoms with van der Waals surface area (Å²) in [6.07, 6.45) is 12.3. The second-order valence-corrected chi connectivity index (χ2v) is 6.07. The molecular formula is C18H24N2O2. The van der Waals surface area contributed by atoms with Crippen molar-refractivity contribution in [3.63, 3.8) is 0 Å². The first kappa shape index (κ1) is 15.1. The van der Waals surface area contributed by atoms with E-state index in [9.17, 15) is 4.79 Å². The quantitative estimate of drug-likeness (QED) is 0.792.